The van der Waals surface area contributed by atoms with Crippen molar-refractivity contribution in [2.24, 2.45) is 0 Å². The Morgan fingerprint density at radius 1 is 0.871 bits per heavy atom. The van der Waals surface area contributed by atoms with Crippen molar-refractivity contribution in [2.75, 3.05) is 38.2 Å². The maximum absolute atomic E-state index is 12.3. The molecule has 1 aliphatic heterocycles. The van der Waals surface area contributed by atoms with Gasteiger partial charge in [-0.05, 0) is 47.5 Å². The van der Waals surface area contributed by atoms with E-state index >= 15 is 0 Å². The molecule has 0 aliphatic carbocycles. The Kier molecular flexibility index (Phi) is 6.85. The fourth-order valence-corrected chi connectivity index (χ4v) is 3.89. The number of ether oxygens (including phenoxy) is 1. The molecule has 0 atom stereocenters. The average Bonchev–Trinajstić information content (AvgIpc) is 2.84. The standard InChI is InChI=1S/C26H29N3O2/c1-31-25-12-10-21(11-13-25)20-28-14-16-29(17-15-28)24-9-5-6-22(18-24)19-27-26(30)23-7-3-2-4-8-23/h2-13,18H,14-17,19-20H2,1H3,(H,27,30). The summed E-state index contributed by atoms with van der Waals surface area (Å²) in [5.41, 5.74) is 4.33. The number of carbonyl (C=O) groups excluding carboxylic acids is 1. The molecule has 3 aromatic carbocycles. The molecule has 0 radical (unpaired) electrons. The van der Waals surface area contributed by atoms with E-state index in [0.717, 1.165) is 44.0 Å². The Morgan fingerprint density at radius 2 is 1.61 bits per heavy atom. The molecule has 31 heavy (non-hydrogen) atoms. The van der Waals surface area contributed by atoms with Gasteiger partial charge < -0.3 is 15.0 Å². The fraction of sp³-hybridized carbons (Fsp3) is 0.269. The summed E-state index contributed by atoms with van der Waals surface area (Å²) >= 11 is 0. The highest BCUT2D eigenvalue weighted by atomic mass is 16.5. The van der Waals surface area contributed by atoms with Gasteiger partial charge in [0.25, 0.3) is 5.91 Å². The van der Waals surface area contributed by atoms with Crippen LogP contribution in [-0.4, -0.2) is 44.1 Å². The molecule has 1 fully saturated rings. The van der Waals surface area contributed by atoms with Crippen LogP contribution in [0.5, 0.6) is 5.75 Å². The van der Waals surface area contributed by atoms with Gasteiger partial charge in [-0.1, -0.05) is 42.5 Å². The molecule has 1 saturated heterocycles. The van der Waals surface area contributed by atoms with Gasteiger partial charge in [0.05, 0.1) is 7.11 Å². The molecule has 0 aromatic heterocycles. The monoisotopic (exact) mass is 415 g/mol. The minimum Gasteiger partial charge on any atom is -0.497 e. The number of rotatable bonds is 7. The minimum absolute atomic E-state index is 0.0434. The number of carbonyl (C=O) groups is 1. The average molecular weight is 416 g/mol. The zero-order valence-corrected chi connectivity index (χ0v) is 18.0. The third-order valence-corrected chi connectivity index (χ3v) is 5.70. The summed E-state index contributed by atoms with van der Waals surface area (Å²) in [4.78, 5) is 17.2. The summed E-state index contributed by atoms with van der Waals surface area (Å²) in [5.74, 6) is 0.853. The van der Waals surface area contributed by atoms with Crippen molar-refractivity contribution >= 4 is 11.6 Å². The molecule has 5 heteroatoms. The maximum Gasteiger partial charge on any atom is 0.251 e. The molecule has 3 aromatic rings. The highest BCUT2D eigenvalue weighted by molar-refractivity contribution is 5.94. The molecule has 160 valence electrons. The lowest BCUT2D eigenvalue weighted by atomic mass is 10.1. The van der Waals surface area contributed by atoms with Crippen LogP contribution in [0.25, 0.3) is 0 Å². The van der Waals surface area contributed by atoms with Crippen LogP contribution in [0.3, 0.4) is 0 Å². The van der Waals surface area contributed by atoms with Gasteiger partial charge in [0.2, 0.25) is 0 Å². The lowest BCUT2D eigenvalue weighted by molar-refractivity contribution is 0.0951. The lowest BCUT2D eigenvalue weighted by Gasteiger charge is -2.36. The number of hydrogen-bond acceptors (Lipinski definition) is 4. The summed E-state index contributed by atoms with van der Waals surface area (Å²) in [6, 6.07) is 26.1. The van der Waals surface area contributed by atoms with Crippen LogP contribution in [0.15, 0.2) is 78.9 Å². The van der Waals surface area contributed by atoms with E-state index in [1.807, 2.05) is 42.5 Å². The molecule has 0 bridgehead atoms. The van der Waals surface area contributed by atoms with E-state index in [2.05, 4.69) is 51.5 Å². The molecule has 0 saturated carbocycles. The zero-order chi connectivity index (χ0) is 21.5. The lowest BCUT2D eigenvalue weighted by Crippen LogP contribution is -2.46. The van der Waals surface area contributed by atoms with Crippen molar-refractivity contribution in [1.29, 1.82) is 0 Å². The van der Waals surface area contributed by atoms with Crippen LogP contribution in [0, 0.1) is 0 Å². The minimum atomic E-state index is -0.0434. The quantitative estimate of drug-likeness (QED) is 0.635. The highest BCUT2D eigenvalue weighted by Gasteiger charge is 2.17. The normalized spacial score (nSPS) is 14.3. The largest absolute Gasteiger partial charge is 0.497 e. The van der Waals surface area contributed by atoms with Gasteiger partial charge >= 0.3 is 0 Å². The summed E-state index contributed by atoms with van der Waals surface area (Å²) in [6.07, 6.45) is 0. The molecule has 1 aliphatic rings. The van der Waals surface area contributed by atoms with Gasteiger partial charge in [-0.25, -0.2) is 0 Å². The Balaban J connectivity index is 1.29. The van der Waals surface area contributed by atoms with E-state index in [4.69, 9.17) is 4.74 Å². The van der Waals surface area contributed by atoms with Gasteiger partial charge in [-0.15, -0.1) is 0 Å². The summed E-state index contributed by atoms with van der Waals surface area (Å²) in [7, 11) is 1.69. The summed E-state index contributed by atoms with van der Waals surface area (Å²) in [5, 5.41) is 3.01. The van der Waals surface area contributed by atoms with Gasteiger partial charge in [0.1, 0.15) is 5.75 Å². The van der Waals surface area contributed by atoms with Gasteiger partial charge in [0, 0.05) is 50.5 Å². The van der Waals surface area contributed by atoms with Crippen LogP contribution >= 0.6 is 0 Å². The molecule has 1 N–H and O–H groups in total. The predicted molar refractivity (Wildman–Crippen MR) is 125 cm³/mol. The molecule has 0 spiro atoms. The van der Waals surface area contributed by atoms with E-state index < -0.39 is 0 Å². The number of methoxy groups -OCH3 is 1. The number of anilines is 1. The van der Waals surface area contributed by atoms with Crippen molar-refractivity contribution in [3.05, 3.63) is 95.6 Å². The molecule has 0 unspecified atom stereocenters. The Bertz CT molecular complexity index is 981. The van der Waals surface area contributed by atoms with E-state index in [-0.39, 0.29) is 5.91 Å². The first-order valence-electron chi connectivity index (χ1n) is 10.7. The number of nitrogens with one attached hydrogen (secondary N) is 1. The second-order valence-corrected chi connectivity index (χ2v) is 7.83. The van der Waals surface area contributed by atoms with E-state index in [1.54, 1.807) is 7.11 Å². The molecule has 1 amide bonds. The summed E-state index contributed by atoms with van der Waals surface area (Å²) in [6.45, 7) is 5.54. The van der Waals surface area contributed by atoms with Crippen molar-refractivity contribution in [3.63, 3.8) is 0 Å². The van der Waals surface area contributed by atoms with Gasteiger partial charge in [-0.2, -0.15) is 0 Å². The predicted octanol–water partition coefficient (Wildman–Crippen LogP) is 3.95. The molecular formula is C26H29N3O2. The van der Waals surface area contributed by atoms with E-state index in [1.165, 1.54) is 11.3 Å². The first-order chi connectivity index (χ1) is 15.2. The van der Waals surface area contributed by atoms with Crippen LogP contribution in [0.4, 0.5) is 5.69 Å². The van der Waals surface area contributed by atoms with Crippen molar-refractivity contribution in [3.8, 4) is 5.75 Å². The van der Waals surface area contributed by atoms with Gasteiger partial charge in [0.15, 0.2) is 0 Å². The second kappa shape index (κ2) is 10.1. The SMILES string of the molecule is COc1ccc(CN2CCN(c3cccc(CNC(=O)c4ccccc4)c3)CC2)cc1. The Morgan fingerprint density at radius 3 is 2.32 bits per heavy atom. The first kappa shape index (κ1) is 20.9. The fourth-order valence-electron chi connectivity index (χ4n) is 3.89. The van der Waals surface area contributed by atoms with Crippen molar-refractivity contribution < 1.29 is 9.53 Å². The smallest absolute Gasteiger partial charge is 0.251 e. The first-order valence-corrected chi connectivity index (χ1v) is 10.7. The van der Waals surface area contributed by atoms with Crippen LogP contribution in [0.1, 0.15) is 21.5 Å². The number of nitrogens with zero attached hydrogens (tertiary/aromatic N) is 2. The molecule has 5 nitrogen and oxygen atoms in total. The summed E-state index contributed by atoms with van der Waals surface area (Å²) < 4.78 is 5.24. The highest BCUT2D eigenvalue weighted by Crippen LogP contribution is 2.20. The molecule has 1 heterocycles. The second-order valence-electron chi connectivity index (χ2n) is 7.83. The molecular weight excluding hydrogens is 386 g/mol. The van der Waals surface area contributed by atoms with Gasteiger partial charge in [-0.3, -0.25) is 9.69 Å². The zero-order valence-electron chi connectivity index (χ0n) is 18.0. The maximum atomic E-state index is 12.3. The van der Waals surface area contributed by atoms with Crippen LogP contribution in [-0.2, 0) is 13.1 Å². The number of amides is 1. The number of benzene rings is 3. The van der Waals surface area contributed by atoms with E-state index in [0.29, 0.717) is 12.1 Å². The van der Waals surface area contributed by atoms with Crippen molar-refractivity contribution in [2.45, 2.75) is 13.1 Å². The Labute approximate surface area is 184 Å². The Hall–Kier alpha value is -3.31. The van der Waals surface area contributed by atoms with Crippen LogP contribution in [0.2, 0.25) is 0 Å². The third-order valence-electron chi connectivity index (χ3n) is 5.70. The topological polar surface area (TPSA) is 44.8 Å². The number of piperazine rings is 1. The van der Waals surface area contributed by atoms with Crippen LogP contribution < -0.4 is 15.0 Å². The number of hydrogen-bond donors (Lipinski definition) is 1. The molecule has 4 rings (SSSR count). The van der Waals surface area contributed by atoms with Crippen molar-refractivity contribution in [1.82, 2.24) is 10.2 Å². The van der Waals surface area contributed by atoms with E-state index in [9.17, 15) is 4.79 Å². The third kappa shape index (κ3) is 5.64.